The zero-order valence-electron chi connectivity index (χ0n) is 19.3. The van der Waals surface area contributed by atoms with E-state index in [1.807, 2.05) is 19.1 Å². The van der Waals surface area contributed by atoms with Gasteiger partial charge in [-0.2, -0.15) is 4.98 Å². The fourth-order valence-corrected chi connectivity index (χ4v) is 4.77. The number of likely N-dealkylation sites (tertiary alicyclic amines) is 1. The van der Waals surface area contributed by atoms with Gasteiger partial charge in [0.05, 0.1) is 12.3 Å². The number of ether oxygens (including phenoxy) is 1. The molecule has 2 aliphatic heterocycles. The molecule has 0 bridgehead atoms. The minimum Gasteiger partial charge on any atom is -0.382 e. The third-order valence-corrected chi connectivity index (χ3v) is 6.44. The molecule has 0 radical (unpaired) electrons. The van der Waals surface area contributed by atoms with Gasteiger partial charge in [0.2, 0.25) is 5.95 Å². The van der Waals surface area contributed by atoms with Crippen LogP contribution in [0.5, 0.6) is 0 Å². The van der Waals surface area contributed by atoms with E-state index in [9.17, 15) is 8.78 Å². The van der Waals surface area contributed by atoms with Crippen molar-refractivity contribution in [3.05, 3.63) is 59.9 Å². The third kappa shape index (κ3) is 5.71. The van der Waals surface area contributed by atoms with Crippen molar-refractivity contribution in [2.45, 2.75) is 32.2 Å². The number of nitrogens with one attached hydrogen (secondary N) is 2. The Morgan fingerprint density at radius 2 is 1.76 bits per heavy atom. The maximum Gasteiger partial charge on any atom is 0.246 e. The van der Waals surface area contributed by atoms with Crippen LogP contribution in [0, 0.1) is 24.5 Å². The molecule has 3 aromatic rings. The maximum absolute atomic E-state index is 13.5. The Bertz CT molecular complexity index is 1100. The lowest BCUT2D eigenvalue weighted by atomic mass is 10.0. The second kappa shape index (κ2) is 10.1. The standard InChI is InChI=1S/C25H30F2N6O/c1-17-8-22(29-21-2-5-32(6-3-21)14-18-4-7-34-15-18)13-23(9-17)30-25-28-16-33(31-25)24-11-19(26)10-20(27)12-24/h8-13,16,18,21,29H,2-7,14-15H2,1H3,(H,30,31). The van der Waals surface area contributed by atoms with E-state index in [4.69, 9.17) is 4.74 Å². The highest BCUT2D eigenvalue weighted by Crippen LogP contribution is 2.25. The van der Waals surface area contributed by atoms with E-state index in [1.54, 1.807) is 0 Å². The molecule has 2 fully saturated rings. The summed E-state index contributed by atoms with van der Waals surface area (Å²) in [6.07, 6.45) is 4.83. The predicted molar refractivity (Wildman–Crippen MR) is 128 cm³/mol. The average molecular weight is 469 g/mol. The number of aryl methyl sites for hydroxylation is 1. The van der Waals surface area contributed by atoms with E-state index in [2.05, 4.69) is 31.7 Å². The Hall–Kier alpha value is -3.04. The molecule has 5 rings (SSSR count). The molecule has 0 amide bonds. The lowest BCUT2D eigenvalue weighted by Crippen LogP contribution is -2.41. The van der Waals surface area contributed by atoms with Gasteiger partial charge in [0.15, 0.2) is 0 Å². The number of hydrogen-bond donors (Lipinski definition) is 2. The molecule has 2 N–H and O–H groups in total. The smallest absolute Gasteiger partial charge is 0.246 e. The fourth-order valence-electron chi connectivity index (χ4n) is 4.77. The van der Waals surface area contributed by atoms with E-state index in [0.717, 1.165) is 68.7 Å². The van der Waals surface area contributed by atoms with Gasteiger partial charge in [-0.25, -0.2) is 13.5 Å². The topological polar surface area (TPSA) is 67.2 Å². The van der Waals surface area contributed by atoms with Crippen LogP contribution in [0.1, 0.15) is 24.8 Å². The number of anilines is 3. The van der Waals surface area contributed by atoms with Crippen LogP contribution in [0.3, 0.4) is 0 Å². The van der Waals surface area contributed by atoms with Gasteiger partial charge in [0.25, 0.3) is 0 Å². The Morgan fingerprint density at radius 1 is 1.00 bits per heavy atom. The van der Waals surface area contributed by atoms with Crippen LogP contribution in [-0.4, -0.2) is 58.6 Å². The largest absolute Gasteiger partial charge is 0.382 e. The molecular formula is C25H30F2N6O. The highest BCUT2D eigenvalue weighted by atomic mass is 19.1. The molecular weight excluding hydrogens is 438 g/mol. The third-order valence-electron chi connectivity index (χ3n) is 6.44. The van der Waals surface area contributed by atoms with Gasteiger partial charge in [-0.15, -0.1) is 5.10 Å². The second-order valence-corrected chi connectivity index (χ2v) is 9.30. The molecule has 0 saturated carbocycles. The first-order valence-electron chi connectivity index (χ1n) is 11.8. The molecule has 180 valence electrons. The van der Waals surface area contributed by atoms with Gasteiger partial charge in [-0.05, 0) is 68.0 Å². The number of rotatable bonds is 7. The van der Waals surface area contributed by atoms with Crippen LogP contribution in [0.25, 0.3) is 5.69 Å². The van der Waals surface area contributed by atoms with Crippen molar-refractivity contribution >= 4 is 17.3 Å². The Labute approximate surface area is 198 Å². The van der Waals surface area contributed by atoms with Crippen molar-refractivity contribution in [3.8, 4) is 5.69 Å². The molecule has 2 aliphatic rings. The van der Waals surface area contributed by atoms with E-state index >= 15 is 0 Å². The molecule has 1 unspecified atom stereocenters. The zero-order valence-corrected chi connectivity index (χ0v) is 19.3. The summed E-state index contributed by atoms with van der Waals surface area (Å²) in [5.74, 6) is -0.280. The fraction of sp³-hybridized carbons (Fsp3) is 0.440. The second-order valence-electron chi connectivity index (χ2n) is 9.30. The monoisotopic (exact) mass is 468 g/mol. The molecule has 0 spiro atoms. The first-order chi connectivity index (χ1) is 16.5. The molecule has 7 nitrogen and oxygen atoms in total. The summed E-state index contributed by atoms with van der Waals surface area (Å²) in [7, 11) is 0. The predicted octanol–water partition coefficient (Wildman–Crippen LogP) is 4.51. The summed E-state index contributed by atoms with van der Waals surface area (Å²) in [5, 5.41) is 11.2. The summed E-state index contributed by atoms with van der Waals surface area (Å²) in [6, 6.07) is 9.87. The number of piperidine rings is 1. The Morgan fingerprint density at radius 3 is 2.50 bits per heavy atom. The molecule has 0 aliphatic carbocycles. The van der Waals surface area contributed by atoms with Crippen molar-refractivity contribution in [1.82, 2.24) is 19.7 Å². The van der Waals surface area contributed by atoms with Crippen molar-refractivity contribution in [3.63, 3.8) is 0 Å². The van der Waals surface area contributed by atoms with Crippen LogP contribution in [0.4, 0.5) is 26.1 Å². The van der Waals surface area contributed by atoms with Gasteiger partial charge in [-0.1, -0.05) is 0 Å². The van der Waals surface area contributed by atoms with Gasteiger partial charge in [0, 0.05) is 49.7 Å². The molecule has 9 heteroatoms. The molecule has 1 atom stereocenters. The number of benzene rings is 2. The van der Waals surface area contributed by atoms with Crippen LogP contribution in [-0.2, 0) is 4.74 Å². The number of halogens is 2. The highest BCUT2D eigenvalue weighted by molar-refractivity contribution is 5.63. The first-order valence-corrected chi connectivity index (χ1v) is 11.8. The number of hydrogen-bond acceptors (Lipinski definition) is 6. The highest BCUT2D eigenvalue weighted by Gasteiger charge is 2.24. The van der Waals surface area contributed by atoms with Crippen molar-refractivity contribution in [1.29, 1.82) is 0 Å². The quantitative estimate of drug-likeness (QED) is 0.532. The lowest BCUT2D eigenvalue weighted by Gasteiger charge is -2.34. The van der Waals surface area contributed by atoms with Crippen molar-refractivity contribution in [2.75, 3.05) is 43.5 Å². The summed E-state index contributed by atoms with van der Waals surface area (Å²) in [4.78, 5) is 6.80. The SMILES string of the molecule is Cc1cc(Nc2ncn(-c3cc(F)cc(F)c3)n2)cc(NC2CCN(CC3CCOC3)CC2)c1. The average Bonchev–Trinajstić information content (AvgIpc) is 3.46. The summed E-state index contributed by atoms with van der Waals surface area (Å²) in [5.41, 5.74) is 3.29. The van der Waals surface area contributed by atoms with E-state index in [-0.39, 0.29) is 5.69 Å². The minimum atomic E-state index is -0.659. The molecule has 2 aromatic carbocycles. The van der Waals surface area contributed by atoms with Crippen molar-refractivity contribution in [2.24, 2.45) is 5.92 Å². The lowest BCUT2D eigenvalue weighted by molar-refractivity contribution is 0.154. The Balaban J connectivity index is 1.19. The van der Waals surface area contributed by atoms with Crippen LogP contribution in [0.2, 0.25) is 0 Å². The summed E-state index contributed by atoms with van der Waals surface area (Å²) >= 11 is 0. The van der Waals surface area contributed by atoms with Crippen molar-refractivity contribution < 1.29 is 13.5 Å². The normalized spacial score (nSPS) is 19.4. The summed E-state index contributed by atoms with van der Waals surface area (Å²) in [6.45, 7) is 7.21. The minimum absolute atomic E-state index is 0.274. The van der Waals surface area contributed by atoms with Crippen LogP contribution < -0.4 is 10.6 Å². The van der Waals surface area contributed by atoms with Gasteiger partial charge >= 0.3 is 0 Å². The number of nitrogens with zero attached hydrogens (tertiary/aromatic N) is 4. The van der Waals surface area contributed by atoms with E-state index in [1.165, 1.54) is 29.6 Å². The van der Waals surface area contributed by atoms with Gasteiger partial charge in [-0.3, -0.25) is 0 Å². The van der Waals surface area contributed by atoms with E-state index < -0.39 is 11.6 Å². The first kappa shape index (κ1) is 22.7. The van der Waals surface area contributed by atoms with Crippen LogP contribution >= 0.6 is 0 Å². The molecule has 2 saturated heterocycles. The van der Waals surface area contributed by atoms with Gasteiger partial charge < -0.3 is 20.3 Å². The molecule has 1 aromatic heterocycles. The zero-order chi connectivity index (χ0) is 23.5. The maximum atomic E-state index is 13.5. The Kier molecular flexibility index (Phi) is 6.73. The van der Waals surface area contributed by atoms with Gasteiger partial charge in [0.1, 0.15) is 18.0 Å². The number of aromatic nitrogens is 3. The molecule has 34 heavy (non-hydrogen) atoms. The molecule has 3 heterocycles. The van der Waals surface area contributed by atoms with E-state index in [0.29, 0.717) is 17.9 Å². The summed E-state index contributed by atoms with van der Waals surface area (Å²) < 4.78 is 33.9. The van der Waals surface area contributed by atoms with Crippen LogP contribution in [0.15, 0.2) is 42.7 Å².